The van der Waals surface area contributed by atoms with Gasteiger partial charge in [-0.05, 0) is 25.8 Å². The highest BCUT2D eigenvalue weighted by molar-refractivity contribution is 7.18. The van der Waals surface area contributed by atoms with Crippen LogP contribution in [0.5, 0.6) is 0 Å². The zero-order valence-electron chi connectivity index (χ0n) is 12.2. The van der Waals surface area contributed by atoms with Gasteiger partial charge in [0.15, 0.2) is 0 Å². The smallest absolute Gasteiger partial charge is 0.138 e. The Labute approximate surface area is 127 Å². The van der Waals surface area contributed by atoms with E-state index in [2.05, 4.69) is 50.6 Å². The van der Waals surface area contributed by atoms with Crippen molar-refractivity contribution >= 4 is 27.4 Å². The molecule has 21 heavy (non-hydrogen) atoms. The van der Waals surface area contributed by atoms with Crippen molar-refractivity contribution in [2.24, 2.45) is 0 Å². The highest BCUT2D eigenvalue weighted by atomic mass is 32.1. The normalized spacial score (nSPS) is 11.1. The lowest BCUT2D eigenvalue weighted by molar-refractivity contribution is 0.817. The Morgan fingerprint density at radius 3 is 3.00 bits per heavy atom. The van der Waals surface area contributed by atoms with Crippen LogP contribution in [0.2, 0.25) is 0 Å². The predicted molar refractivity (Wildman–Crippen MR) is 84.7 cm³/mol. The predicted octanol–water partition coefficient (Wildman–Crippen LogP) is 2.72. The third-order valence-corrected chi connectivity index (χ3v) is 4.19. The number of hydrogen-bond acceptors (Lipinski definition) is 6. The number of aromatic nitrogens is 5. The van der Waals surface area contributed by atoms with Crippen molar-refractivity contribution in [3.05, 3.63) is 28.7 Å². The second-order valence-corrected chi connectivity index (χ2v) is 6.14. The third kappa shape index (κ3) is 3.18. The SMILES string of the molecule is CCc1nc(NCCCc2cn[nH]n2)c2cc(C)sc2n1. The summed E-state index contributed by atoms with van der Waals surface area (Å²) >= 11 is 1.72. The summed E-state index contributed by atoms with van der Waals surface area (Å²) in [5.41, 5.74) is 0.991. The fraction of sp³-hybridized carbons (Fsp3) is 0.429. The maximum absolute atomic E-state index is 4.62. The minimum Gasteiger partial charge on any atom is -0.369 e. The number of fused-ring (bicyclic) bond motifs is 1. The molecule has 2 N–H and O–H groups in total. The molecular formula is C14H18N6S. The Morgan fingerprint density at radius 2 is 2.24 bits per heavy atom. The van der Waals surface area contributed by atoms with E-state index in [0.717, 1.165) is 53.4 Å². The van der Waals surface area contributed by atoms with Gasteiger partial charge in [0.05, 0.1) is 17.3 Å². The Balaban J connectivity index is 1.70. The Kier molecular flexibility index (Phi) is 4.10. The summed E-state index contributed by atoms with van der Waals surface area (Å²) in [5.74, 6) is 1.84. The summed E-state index contributed by atoms with van der Waals surface area (Å²) in [7, 11) is 0. The minimum atomic E-state index is 0.848. The van der Waals surface area contributed by atoms with E-state index in [1.165, 1.54) is 4.88 Å². The average molecular weight is 302 g/mol. The molecule has 0 aromatic carbocycles. The van der Waals surface area contributed by atoms with Crippen molar-refractivity contribution in [2.45, 2.75) is 33.1 Å². The monoisotopic (exact) mass is 302 g/mol. The highest BCUT2D eigenvalue weighted by Crippen LogP contribution is 2.28. The molecule has 0 saturated heterocycles. The molecule has 0 aliphatic rings. The van der Waals surface area contributed by atoms with E-state index in [1.807, 2.05) is 0 Å². The van der Waals surface area contributed by atoms with Crippen molar-refractivity contribution in [1.29, 1.82) is 0 Å². The summed E-state index contributed by atoms with van der Waals surface area (Å²) in [6.07, 6.45) is 4.50. The lowest BCUT2D eigenvalue weighted by Crippen LogP contribution is -2.07. The molecular weight excluding hydrogens is 284 g/mol. The summed E-state index contributed by atoms with van der Waals surface area (Å²) < 4.78 is 0. The molecule has 3 aromatic heterocycles. The second-order valence-electron chi connectivity index (χ2n) is 4.91. The Morgan fingerprint density at radius 1 is 1.33 bits per heavy atom. The first-order valence-electron chi connectivity index (χ1n) is 7.12. The van der Waals surface area contributed by atoms with Gasteiger partial charge in [-0.25, -0.2) is 9.97 Å². The van der Waals surface area contributed by atoms with Crippen LogP contribution in [0.1, 0.15) is 29.7 Å². The maximum atomic E-state index is 4.62. The molecule has 0 spiro atoms. The van der Waals surface area contributed by atoms with Crippen LogP contribution in [0.4, 0.5) is 5.82 Å². The van der Waals surface area contributed by atoms with Gasteiger partial charge in [0.25, 0.3) is 0 Å². The van der Waals surface area contributed by atoms with Crippen LogP contribution in [0, 0.1) is 6.92 Å². The lowest BCUT2D eigenvalue weighted by atomic mass is 10.2. The van der Waals surface area contributed by atoms with Gasteiger partial charge in [0.1, 0.15) is 16.5 Å². The molecule has 6 nitrogen and oxygen atoms in total. The van der Waals surface area contributed by atoms with Crippen molar-refractivity contribution in [3.63, 3.8) is 0 Å². The van der Waals surface area contributed by atoms with Crippen LogP contribution in [0.15, 0.2) is 12.3 Å². The van der Waals surface area contributed by atoms with Crippen LogP contribution < -0.4 is 5.32 Å². The van der Waals surface area contributed by atoms with Gasteiger partial charge >= 0.3 is 0 Å². The van der Waals surface area contributed by atoms with E-state index in [4.69, 9.17) is 0 Å². The topological polar surface area (TPSA) is 79.4 Å². The largest absolute Gasteiger partial charge is 0.369 e. The second kappa shape index (κ2) is 6.17. The quantitative estimate of drug-likeness (QED) is 0.684. The Bertz CT molecular complexity index is 718. The fourth-order valence-corrected chi connectivity index (χ4v) is 3.10. The summed E-state index contributed by atoms with van der Waals surface area (Å²) in [6, 6.07) is 2.15. The molecule has 0 unspecified atom stereocenters. The highest BCUT2D eigenvalue weighted by Gasteiger charge is 2.09. The third-order valence-electron chi connectivity index (χ3n) is 3.25. The first-order valence-corrected chi connectivity index (χ1v) is 7.93. The van der Waals surface area contributed by atoms with Gasteiger partial charge in [0.2, 0.25) is 0 Å². The number of thiophene rings is 1. The molecule has 3 aromatic rings. The number of aromatic amines is 1. The van der Waals surface area contributed by atoms with Gasteiger partial charge in [-0.3, -0.25) is 0 Å². The zero-order valence-corrected chi connectivity index (χ0v) is 13.0. The first kappa shape index (κ1) is 13.9. The van der Waals surface area contributed by atoms with Gasteiger partial charge in [0, 0.05) is 17.8 Å². The molecule has 0 saturated carbocycles. The summed E-state index contributed by atoms with van der Waals surface area (Å²) in [5, 5.41) is 15.1. The van der Waals surface area contributed by atoms with E-state index in [9.17, 15) is 0 Å². The number of nitrogens with one attached hydrogen (secondary N) is 2. The number of nitrogens with zero attached hydrogens (tertiary/aromatic N) is 4. The molecule has 3 heterocycles. The number of rotatable bonds is 6. The van der Waals surface area contributed by atoms with Crippen LogP contribution >= 0.6 is 11.3 Å². The molecule has 7 heteroatoms. The van der Waals surface area contributed by atoms with E-state index < -0.39 is 0 Å². The molecule has 0 aliphatic heterocycles. The van der Waals surface area contributed by atoms with Crippen molar-refractivity contribution in [3.8, 4) is 0 Å². The summed E-state index contributed by atoms with van der Waals surface area (Å²) in [4.78, 5) is 11.5. The van der Waals surface area contributed by atoms with Gasteiger partial charge in [-0.15, -0.1) is 11.3 Å². The van der Waals surface area contributed by atoms with Gasteiger partial charge in [-0.1, -0.05) is 6.92 Å². The van der Waals surface area contributed by atoms with E-state index in [1.54, 1.807) is 17.5 Å². The summed E-state index contributed by atoms with van der Waals surface area (Å²) in [6.45, 7) is 5.04. The number of anilines is 1. The molecule has 0 fully saturated rings. The molecule has 0 bridgehead atoms. The molecule has 0 radical (unpaired) electrons. The number of hydrogen-bond donors (Lipinski definition) is 2. The first-order chi connectivity index (χ1) is 10.3. The van der Waals surface area contributed by atoms with Crippen LogP contribution in [-0.4, -0.2) is 31.9 Å². The molecule has 110 valence electrons. The lowest BCUT2D eigenvalue weighted by Gasteiger charge is -2.07. The fourth-order valence-electron chi connectivity index (χ4n) is 2.20. The number of H-pyrrole nitrogens is 1. The molecule has 0 aliphatic carbocycles. The van der Waals surface area contributed by atoms with Crippen LogP contribution in [-0.2, 0) is 12.8 Å². The van der Waals surface area contributed by atoms with E-state index in [-0.39, 0.29) is 0 Å². The van der Waals surface area contributed by atoms with Crippen molar-refractivity contribution < 1.29 is 0 Å². The zero-order chi connectivity index (χ0) is 14.7. The van der Waals surface area contributed by atoms with Gasteiger partial charge in [-0.2, -0.15) is 15.4 Å². The maximum Gasteiger partial charge on any atom is 0.138 e. The standard InChI is InChI=1S/C14H18N6S/c1-3-12-17-13(11-7-9(2)21-14(11)18-12)15-6-4-5-10-8-16-20-19-10/h7-8H,3-6H2,1-2H3,(H,15,17,18)(H,16,19,20). The van der Waals surface area contributed by atoms with E-state index in [0.29, 0.717) is 0 Å². The van der Waals surface area contributed by atoms with Crippen LogP contribution in [0.3, 0.4) is 0 Å². The molecule has 0 amide bonds. The van der Waals surface area contributed by atoms with Crippen molar-refractivity contribution in [2.75, 3.05) is 11.9 Å². The molecule has 3 rings (SSSR count). The Hall–Kier alpha value is -2.02. The van der Waals surface area contributed by atoms with Crippen LogP contribution in [0.25, 0.3) is 10.2 Å². The number of aryl methyl sites for hydroxylation is 3. The van der Waals surface area contributed by atoms with Gasteiger partial charge < -0.3 is 5.32 Å². The minimum absolute atomic E-state index is 0.848. The van der Waals surface area contributed by atoms with Crippen molar-refractivity contribution in [1.82, 2.24) is 25.4 Å². The molecule has 0 atom stereocenters. The van der Waals surface area contributed by atoms with E-state index >= 15 is 0 Å². The average Bonchev–Trinajstić information content (AvgIpc) is 3.11.